The number of nitrogen functional groups attached to an aromatic ring is 1. The highest BCUT2D eigenvalue weighted by Gasteiger charge is 2.23. The Kier molecular flexibility index (Phi) is 4.53. The van der Waals surface area contributed by atoms with Gasteiger partial charge in [0.1, 0.15) is 5.75 Å². The first-order valence-electron chi connectivity index (χ1n) is 6.97. The zero-order valence-corrected chi connectivity index (χ0v) is 12.0. The predicted molar refractivity (Wildman–Crippen MR) is 78.6 cm³/mol. The standard InChI is InChI=1S/C15H24N2O2/c1-10(2)19-15-7-13(16)6-14(8-15)17-9-12-4-5-18-11(12)3/h6-8,10-12,17H,4-5,9,16H2,1-3H3. The summed E-state index contributed by atoms with van der Waals surface area (Å²) in [6.45, 7) is 7.92. The predicted octanol–water partition coefficient (Wildman–Crippen LogP) is 2.89. The summed E-state index contributed by atoms with van der Waals surface area (Å²) in [5.41, 5.74) is 7.63. The van der Waals surface area contributed by atoms with E-state index in [0.29, 0.717) is 12.0 Å². The zero-order chi connectivity index (χ0) is 13.8. The summed E-state index contributed by atoms with van der Waals surface area (Å²) in [5.74, 6) is 1.38. The molecule has 19 heavy (non-hydrogen) atoms. The van der Waals surface area contributed by atoms with Gasteiger partial charge >= 0.3 is 0 Å². The van der Waals surface area contributed by atoms with E-state index in [1.165, 1.54) is 0 Å². The van der Waals surface area contributed by atoms with Crippen LogP contribution in [0.15, 0.2) is 18.2 Å². The van der Waals surface area contributed by atoms with E-state index in [-0.39, 0.29) is 6.10 Å². The second-order valence-electron chi connectivity index (χ2n) is 5.46. The maximum absolute atomic E-state index is 5.90. The topological polar surface area (TPSA) is 56.5 Å². The molecule has 2 atom stereocenters. The number of ether oxygens (including phenoxy) is 2. The number of anilines is 2. The molecule has 0 saturated carbocycles. The molecular weight excluding hydrogens is 240 g/mol. The number of rotatable bonds is 5. The van der Waals surface area contributed by atoms with Crippen LogP contribution in [0.2, 0.25) is 0 Å². The van der Waals surface area contributed by atoms with Gasteiger partial charge in [-0.05, 0) is 33.3 Å². The van der Waals surface area contributed by atoms with Crippen molar-refractivity contribution >= 4 is 11.4 Å². The van der Waals surface area contributed by atoms with Crippen molar-refractivity contribution in [3.05, 3.63) is 18.2 Å². The highest BCUT2D eigenvalue weighted by molar-refractivity contribution is 5.59. The molecule has 3 N–H and O–H groups in total. The molecule has 4 nitrogen and oxygen atoms in total. The summed E-state index contributed by atoms with van der Waals surface area (Å²) in [4.78, 5) is 0. The molecule has 1 saturated heterocycles. The lowest BCUT2D eigenvalue weighted by Gasteiger charge is -2.17. The molecule has 2 rings (SSSR count). The molecule has 0 spiro atoms. The molecule has 4 heteroatoms. The van der Waals surface area contributed by atoms with Crippen LogP contribution in [0, 0.1) is 5.92 Å². The van der Waals surface area contributed by atoms with Crippen molar-refractivity contribution in [3.63, 3.8) is 0 Å². The molecule has 2 unspecified atom stereocenters. The third-order valence-corrected chi connectivity index (χ3v) is 3.40. The minimum absolute atomic E-state index is 0.151. The molecule has 1 fully saturated rings. The van der Waals surface area contributed by atoms with Gasteiger partial charge in [-0.3, -0.25) is 0 Å². The monoisotopic (exact) mass is 264 g/mol. The fourth-order valence-corrected chi connectivity index (χ4v) is 2.36. The van der Waals surface area contributed by atoms with Crippen molar-refractivity contribution in [2.45, 2.75) is 39.4 Å². The van der Waals surface area contributed by atoms with E-state index in [1.54, 1.807) is 0 Å². The largest absolute Gasteiger partial charge is 0.491 e. The lowest BCUT2D eigenvalue weighted by molar-refractivity contribution is 0.108. The molecule has 0 aromatic heterocycles. The molecule has 1 aliphatic rings. The van der Waals surface area contributed by atoms with E-state index < -0.39 is 0 Å². The van der Waals surface area contributed by atoms with Gasteiger partial charge in [-0.15, -0.1) is 0 Å². The molecule has 0 aliphatic carbocycles. The van der Waals surface area contributed by atoms with Crippen molar-refractivity contribution in [1.82, 2.24) is 0 Å². The molecular formula is C15H24N2O2. The molecule has 1 aliphatic heterocycles. The average molecular weight is 264 g/mol. The van der Waals surface area contributed by atoms with E-state index in [9.17, 15) is 0 Å². The maximum atomic E-state index is 5.90. The van der Waals surface area contributed by atoms with Gasteiger partial charge < -0.3 is 20.5 Å². The van der Waals surface area contributed by atoms with Crippen LogP contribution >= 0.6 is 0 Å². The Morgan fingerprint density at radius 3 is 2.84 bits per heavy atom. The van der Waals surface area contributed by atoms with Gasteiger partial charge in [0.15, 0.2) is 0 Å². The fourth-order valence-electron chi connectivity index (χ4n) is 2.36. The lowest BCUT2D eigenvalue weighted by Crippen LogP contribution is -2.20. The number of nitrogens with two attached hydrogens (primary N) is 1. The van der Waals surface area contributed by atoms with Crippen LogP contribution in [-0.4, -0.2) is 25.4 Å². The van der Waals surface area contributed by atoms with Crippen LogP contribution in [-0.2, 0) is 4.74 Å². The van der Waals surface area contributed by atoms with E-state index in [4.69, 9.17) is 15.2 Å². The molecule has 1 aromatic carbocycles. The molecule has 1 aromatic rings. The Hall–Kier alpha value is -1.42. The Morgan fingerprint density at radius 1 is 1.42 bits per heavy atom. The van der Waals surface area contributed by atoms with Crippen molar-refractivity contribution < 1.29 is 9.47 Å². The van der Waals surface area contributed by atoms with Gasteiger partial charge in [0, 0.05) is 42.6 Å². The summed E-state index contributed by atoms with van der Waals surface area (Å²) in [6, 6.07) is 5.79. The first kappa shape index (κ1) is 14.0. The minimum Gasteiger partial charge on any atom is -0.491 e. The van der Waals surface area contributed by atoms with Crippen molar-refractivity contribution in [3.8, 4) is 5.75 Å². The second-order valence-corrected chi connectivity index (χ2v) is 5.46. The quantitative estimate of drug-likeness (QED) is 0.803. The van der Waals surface area contributed by atoms with Gasteiger partial charge in [0.25, 0.3) is 0 Å². The third kappa shape index (κ3) is 4.03. The average Bonchev–Trinajstić information content (AvgIpc) is 2.70. The highest BCUT2D eigenvalue weighted by atomic mass is 16.5. The van der Waals surface area contributed by atoms with Crippen molar-refractivity contribution in [2.24, 2.45) is 5.92 Å². The van der Waals surface area contributed by atoms with Crippen LogP contribution < -0.4 is 15.8 Å². The summed E-state index contributed by atoms with van der Waals surface area (Å²) in [7, 11) is 0. The molecule has 0 radical (unpaired) electrons. The Labute approximate surface area is 115 Å². The molecule has 0 amide bonds. The lowest BCUT2D eigenvalue weighted by atomic mass is 10.0. The molecule has 106 valence electrons. The van der Waals surface area contributed by atoms with Crippen LogP contribution in [0.1, 0.15) is 27.2 Å². The Bertz CT molecular complexity index is 421. The van der Waals surface area contributed by atoms with Crippen LogP contribution in [0.3, 0.4) is 0 Å². The number of hydrogen-bond donors (Lipinski definition) is 2. The van der Waals surface area contributed by atoms with Gasteiger partial charge in [-0.1, -0.05) is 0 Å². The number of nitrogens with one attached hydrogen (secondary N) is 1. The second kappa shape index (κ2) is 6.15. The highest BCUT2D eigenvalue weighted by Crippen LogP contribution is 2.25. The van der Waals surface area contributed by atoms with E-state index in [2.05, 4.69) is 12.2 Å². The Balaban J connectivity index is 1.97. The van der Waals surface area contributed by atoms with Crippen LogP contribution in [0.5, 0.6) is 5.75 Å². The van der Waals surface area contributed by atoms with Gasteiger partial charge in [-0.25, -0.2) is 0 Å². The van der Waals surface area contributed by atoms with Crippen LogP contribution in [0.4, 0.5) is 11.4 Å². The first-order valence-corrected chi connectivity index (χ1v) is 6.97. The molecule has 0 bridgehead atoms. The normalized spacial score (nSPS) is 22.7. The molecule has 1 heterocycles. The summed E-state index contributed by atoms with van der Waals surface area (Å²) >= 11 is 0. The maximum Gasteiger partial charge on any atom is 0.123 e. The summed E-state index contributed by atoms with van der Waals surface area (Å²) in [5, 5.41) is 3.43. The summed E-state index contributed by atoms with van der Waals surface area (Å²) < 4.78 is 11.2. The van der Waals surface area contributed by atoms with Gasteiger partial charge in [0.2, 0.25) is 0 Å². The van der Waals surface area contributed by atoms with Crippen molar-refractivity contribution in [2.75, 3.05) is 24.2 Å². The summed E-state index contributed by atoms with van der Waals surface area (Å²) in [6.07, 6.45) is 1.60. The van der Waals surface area contributed by atoms with Gasteiger partial charge in [0.05, 0.1) is 12.2 Å². The Morgan fingerprint density at radius 2 is 2.21 bits per heavy atom. The third-order valence-electron chi connectivity index (χ3n) is 3.40. The number of benzene rings is 1. The fraction of sp³-hybridized carbons (Fsp3) is 0.600. The van der Waals surface area contributed by atoms with Crippen LogP contribution in [0.25, 0.3) is 0 Å². The minimum atomic E-state index is 0.151. The van der Waals surface area contributed by atoms with E-state index >= 15 is 0 Å². The first-order chi connectivity index (χ1) is 9.04. The SMILES string of the molecule is CC(C)Oc1cc(N)cc(NCC2CCOC2C)c1. The number of hydrogen-bond acceptors (Lipinski definition) is 4. The zero-order valence-electron chi connectivity index (χ0n) is 12.0. The van der Waals surface area contributed by atoms with Gasteiger partial charge in [-0.2, -0.15) is 0 Å². The van der Waals surface area contributed by atoms with E-state index in [1.807, 2.05) is 32.0 Å². The smallest absolute Gasteiger partial charge is 0.123 e. The van der Waals surface area contributed by atoms with Crippen molar-refractivity contribution in [1.29, 1.82) is 0 Å². The van der Waals surface area contributed by atoms with E-state index in [0.717, 1.165) is 36.7 Å².